The lowest BCUT2D eigenvalue weighted by Crippen LogP contribution is -2.61. The lowest BCUT2D eigenvalue weighted by molar-refractivity contribution is -0.271. The van der Waals surface area contributed by atoms with Crippen molar-refractivity contribution in [2.24, 2.45) is 20.0 Å². The molecule has 29 heteroatoms. The van der Waals surface area contributed by atoms with E-state index in [1.807, 2.05) is 7.05 Å². The first kappa shape index (κ1) is 61.5. The van der Waals surface area contributed by atoms with Gasteiger partial charge in [-0.15, -0.1) is 0 Å². The number of carboxylic acid groups (broad SMARTS) is 1. The van der Waals surface area contributed by atoms with Crippen molar-refractivity contribution in [1.29, 1.82) is 0 Å². The van der Waals surface area contributed by atoms with Crippen LogP contribution in [0.4, 0.5) is 21.9 Å². The average Bonchev–Trinajstić information content (AvgIpc) is 4.33. The second-order valence-electron chi connectivity index (χ2n) is 19.4. The maximum absolute atomic E-state index is 14.4. The Hall–Kier alpha value is -8.13. The number of nitrogens with two attached hydrogens (primary N) is 1. The molecule has 4 aromatic rings. The van der Waals surface area contributed by atoms with E-state index in [1.165, 1.54) is 53.0 Å². The number of aryl methyl sites for hydroxylation is 2. The summed E-state index contributed by atoms with van der Waals surface area (Å²) < 4.78 is 37.0. The predicted octanol–water partition coefficient (Wildman–Crippen LogP) is -0.0849. The molecule has 0 spiro atoms. The number of ether oxygens (including phenoxy) is 6. The number of carbonyl (C=O) groups excluding carboxylic acids is 6. The molecule has 2 aromatic heterocycles. The number of nitrogens with zero attached hydrogens (tertiary/aromatic N) is 4. The Balaban J connectivity index is 1.03. The molecular formula is C53H68N10O19. The number of aromatic nitrogens is 2. The molecule has 7 rings (SSSR count). The van der Waals surface area contributed by atoms with E-state index in [2.05, 4.69) is 38.0 Å². The molecule has 0 bridgehead atoms. The van der Waals surface area contributed by atoms with Gasteiger partial charge in [-0.05, 0) is 68.8 Å². The molecule has 2 saturated heterocycles. The number of rotatable bonds is 26. The number of aliphatic hydroxyl groups excluding tert-OH is 4. The number of methoxy groups -OCH3 is 1. The van der Waals surface area contributed by atoms with Crippen molar-refractivity contribution in [3.63, 3.8) is 0 Å². The van der Waals surface area contributed by atoms with Crippen LogP contribution in [-0.2, 0) is 49.3 Å². The van der Waals surface area contributed by atoms with Gasteiger partial charge in [-0.25, -0.2) is 20.4 Å². The van der Waals surface area contributed by atoms with Gasteiger partial charge in [-0.2, -0.15) is 0 Å². The molecule has 3 aliphatic heterocycles. The Bertz CT molecular complexity index is 3000. The highest BCUT2D eigenvalue weighted by Crippen LogP contribution is 2.42. The number of carboxylic acids is 1. The molecule has 3 aliphatic rings. The third kappa shape index (κ3) is 14.7. The molecule has 0 saturated carbocycles. The number of amides is 6. The van der Waals surface area contributed by atoms with Crippen LogP contribution in [-0.4, -0.2) is 191 Å². The summed E-state index contributed by atoms with van der Waals surface area (Å²) in [6.45, 7) is 4.82. The van der Waals surface area contributed by atoms with E-state index in [4.69, 9.17) is 34.3 Å². The molecule has 82 heavy (non-hydrogen) atoms. The summed E-state index contributed by atoms with van der Waals surface area (Å²) in [7, 11) is 6.49. The standard InChI is InChI=1S/C53H68N10O19/c1-28-18-37-50(72)63(53(75)79-27-29-9-10-38(33(19-29)46(68)57-13-15-77-16-17-80-54)81-52-44(67)42(65)43(66)45(82-52)51(73)74)34-23-40(39(76-5)22-32(34)49(71)62(37)24-28)78-14-6-8-41(64)58-30-20-36(61(4)25-30)48(70)59-31-21-35(60(3)26-31)47(69)56-12-7-11-55-2/h9-10,19-23,25-26,37,42-45,50,52,55,65-67,72H,1,6-8,11-18,24,27,54H2,2-5H3,(H,56,69)(H,57,68)(H,58,64)(H,59,70)(H,73,74)/t37-,42-,43-,44+,45-,50?,52+/m0/s1. The quantitative estimate of drug-likeness (QED) is 0.0222. The first-order valence-electron chi connectivity index (χ1n) is 26.0. The van der Waals surface area contributed by atoms with Crippen molar-refractivity contribution in [1.82, 2.24) is 30.0 Å². The molecule has 7 atom stereocenters. The number of benzene rings is 2. The van der Waals surface area contributed by atoms with Gasteiger partial charge in [0.2, 0.25) is 12.2 Å². The molecule has 2 aromatic carbocycles. The molecule has 1 unspecified atom stereocenters. The molecular weight excluding hydrogens is 1080 g/mol. The Kier molecular flexibility index (Phi) is 21.0. The Morgan fingerprint density at radius 2 is 1.50 bits per heavy atom. The first-order chi connectivity index (χ1) is 39.2. The molecule has 6 amide bonds. The Morgan fingerprint density at radius 1 is 0.793 bits per heavy atom. The van der Waals surface area contributed by atoms with Crippen LogP contribution in [0.1, 0.15) is 72.9 Å². The molecule has 12 N–H and O–H groups in total. The van der Waals surface area contributed by atoms with E-state index in [-0.39, 0.29) is 110 Å². The minimum Gasteiger partial charge on any atom is -0.493 e. The summed E-state index contributed by atoms with van der Waals surface area (Å²) in [6, 6.07) is 8.62. The molecule has 2 fully saturated rings. The largest absolute Gasteiger partial charge is 0.493 e. The van der Waals surface area contributed by atoms with Gasteiger partial charge >= 0.3 is 12.1 Å². The number of anilines is 3. The number of aliphatic carboxylic acids is 1. The van der Waals surface area contributed by atoms with Crippen LogP contribution < -0.4 is 51.6 Å². The van der Waals surface area contributed by atoms with Crippen LogP contribution >= 0.6 is 0 Å². The van der Waals surface area contributed by atoms with Gasteiger partial charge in [0.05, 0.1) is 67.8 Å². The minimum absolute atomic E-state index is 0.0157. The van der Waals surface area contributed by atoms with Crippen LogP contribution in [0.15, 0.2) is 67.0 Å². The fraction of sp³-hybridized carbons (Fsp3) is 0.453. The van der Waals surface area contributed by atoms with Crippen LogP contribution in [0.2, 0.25) is 0 Å². The smallest absolute Gasteiger partial charge is 0.416 e. The second-order valence-corrected chi connectivity index (χ2v) is 19.4. The lowest BCUT2D eigenvalue weighted by Gasteiger charge is -2.38. The SMILES string of the molecule is C=C1C[C@H]2C(O)N(C(=O)OCc3ccc(O[C@@H]4O[C@H](C(=O)O)[C@@H](O)[C@H](O)[C@H]4O)c(C(=O)NCCOCCON)c3)c3cc(OCCCC(=O)Nc4cc(C(=O)Nc5cc(C(=O)NCCCNC)n(C)c5)n(C)c4)c(OC)cc3C(=O)N2C1. The van der Waals surface area contributed by atoms with E-state index >= 15 is 0 Å². The molecule has 0 aliphatic carbocycles. The van der Waals surface area contributed by atoms with E-state index < -0.39 is 85.3 Å². The maximum atomic E-state index is 14.4. The third-order valence-electron chi connectivity index (χ3n) is 13.4. The average molecular weight is 1150 g/mol. The Morgan fingerprint density at radius 3 is 2.20 bits per heavy atom. The number of hydrogen-bond acceptors (Lipinski definition) is 20. The van der Waals surface area contributed by atoms with Crippen molar-refractivity contribution in [3.8, 4) is 17.2 Å². The lowest BCUT2D eigenvalue weighted by atomic mass is 9.99. The first-order valence-corrected chi connectivity index (χ1v) is 26.0. The number of aliphatic hydroxyl groups is 4. The van der Waals surface area contributed by atoms with E-state index in [0.29, 0.717) is 29.2 Å². The van der Waals surface area contributed by atoms with Crippen molar-refractivity contribution in [3.05, 3.63) is 95.1 Å². The number of hydrogen-bond donors (Lipinski definition) is 11. The fourth-order valence-corrected chi connectivity index (χ4v) is 9.27. The molecule has 5 heterocycles. The molecule has 29 nitrogen and oxygen atoms in total. The summed E-state index contributed by atoms with van der Waals surface area (Å²) in [5.41, 5.74) is 1.68. The second kappa shape index (κ2) is 28.0. The summed E-state index contributed by atoms with van der Waals surface area (Å²) >= 11 is 0. The zero-order chi connectivity index (χ0) is 59.4. The van der Waals surface area contributed by atoms with Crippen LogP contribution in [0, 0.1) is 0 Å². The fourth-order valence-electron chi connectivity index (χ4n) is 9.27. The van der Waals surface area contributed by atoms with Gasteiger partial charge in [0.1, 0.15) is 42.1 Å². The van der Waals surface area contributed by atoms with Crippen molar-refractivity contribution < 1.29 is 92.4 Å². The van der Waals surface area contributed by atoms with Gasteiger partial charge in [-0.3, -0.25) is 24.0 Å². The van der Waals surface area contributed by atoms with Crippen molar-refractivity contribution in [2.45, 2.75) is 75.3 Å². The third-order valence-corrected chi connectivity index (χ3v) is 13.4. The van der Waals surface area contributed by atoms with E-state index in [1.54, 1.807) is 37.1 Å². The zero-order valence-electron chi connectivity index (χ0n) is 45.5. The van der Waals surface area contributed by atoms with E-state index in [0.717, 1.165) is 17.9 Å². The minimum atomic E-state index is -2.02. The molecule has 444 valence electrons. The van der Waals surface area contributed by atoms with Gasteiger partial charge in [0.25, 0.3) is 23.6 Å². The van der Waals surface area contributed by atoms with Gasteiger partial charge in [-0.1, -0.05) is 18.2 Å². The predicted molar refractivity (Wildman–Crippen MR) is 288 cm³/mol. The summed E-state index contributed by atoms with van der Waals surface area (Å²) in [4.78, 5) is 100.0. The van der Waals surface area contributed by atoms with E-state index in [9.17, 15) is 59.1 Å². The topological polar surface area (TPSA) is 388 Å². The van der Waals surface area contributed by atoms with Crippen LogP contribution in [0.5, 0.6) is 17.2 Å². The summed E-state index contributed by atoms with van der Waals surface area (Å²) in [5.74, 6) is 0.672. The van der Waals surface area contributed by atoms with Crippen molar-refractivity contribution >= 4 is 58.7 Å². The maximum Gasteiger partial charge on any atom is 0.416 e. The monoisotopic (exact) mass is 1150 g/mol. The normalized spacial score (nSPS) is 20.3. The summed E-state index contributed by atoms with van der Waals surface area (Å²) in [5, 5.41) is 66.8. The highest BCUT2D eigenvalue weighted by Gasteiger charge is 2.49. The number of nitrogens with one attached hydrogen (secondary N) is 5. The highest BCUT2D eigenvalue weighted by atomic mass is 16.7. The number of fused-ring (bicyclic) bond motifs is 2. The number of carbonyl (C=O) groups is 7. The Labute approximate surface area is 469 Å². The molecule has 0 radical (unpaired) electrons. The summed E-state index contributed by atoms with van der Waals surface area (Å²) in [6.07, 6.45) is -8.59. The van der Waals surface area contributed by atoms with Crippen LogP contribution in [0.3, 0.4) is 0 Å². The van der Waals surface area contributed by atoms with Crippen LogP contribution in [0.25, 0.3) is 0 Å². The van der Waals surface area contributed by atoms with Gasteiger partial charge in [0.15, 0.2) is 23.8 Å². The zero-order valence-corrected chi connectivity index (χ0v) is 45.5. The van der Waals surface area contributed by atoms with Crippen molar-refractivity contribution in [2.75, 3.05) is 82.3 Å². The van der Waals surface area contributed by atoms with Gasteiger partial charge < -0.3 is 99.4 Å². The highest BCUT2D eigenvalue weighted by molar-refractivity contribution is 6.07. The van der Waals surface area contributed by atoms with Gasteiger partial charge in [0, 0.05) is 58.6 Å².